The van der Waals surface area contributed by atoms with Crippen LogP contribution < -0.4 is 0 Å². The predicted molar refractivity (Wildman–Crippen MR) is 99.6 cm³/mol. The van der Waals surface area contributed by atoms with Gasteiger partial charge in [0.2, 0.25) is 0 Å². The van der Waals surface area contributed by atoms with E-state index in [-0.39, 0.29) is 20.5 Å². The zero-order chi connectivity index (χ0) is 21.6. The van der Waals surface area contributed by atoms with E-state index in [1.165, 1.54) is 0 Å². The van der Waals surface area contributed by atoms with E-state index in [2.05, 4.69) is 15.3 Å². The molecule has 11 nitrogen and oxygen atoms in total. The van der Waals surface area contributed by atoms with E-state index in [9.17, 15) is 19.8 Å². The normalized spacial score (nSPS) is 15.7. The van der Waals surface area contributed by atoms with Crippen molar-refractivity contribution in [2.75, 3.05) is 5.75 Å². The van der Waals surface area contributed by atoms with Crippen molar-refractivity contribution < 1.29 is 23.8 Å². The molecule has 1 unspecified atom stereocenters. The minimum absolute atomic E-state index is 0.00214. The summed E-state index contributed by atoms with van der Waals surface area (Å²) in [6.07, 6.45) is -0.517. The molecule has 0 aliphatic carbocycles. The number of hydrogen-bond acceptors (Lipinski definition) is 8. The average Bonchev–Trinajstić information content (AvgIpc) is 2.40. The highest BCUT2D eigenvalue weighted by molar-refractivity contribution is 7.88. The van der Waals surface area contributed by atoms with E-state index in [0.29, 0.717) is 0 Å². The Morgan fingerprint density at radius 3 is 1.70 bits per heavy atom. The Labute approximate surface area is 162 Å². The van der Waals surface area contributed by atoms with Gasteiger partial charge in [-0.05, 0) is 65.6 Å². The molecule has 0 heterocycles. The highest BCUT2D eigenvalue weighted by atomic mass is 32.2. The average molecular weight is 407 g/mol. The molecule has 0 aliphatic rings. The van der Waals surface area contributed by atoms with Crippen molar-refractivity contribution in [2.24, 2.45) is 15.3 Å². The lowest BCUT2D eigenvalue weighted by molar-refractivity contribution is -0.797. The smallest absolute Gasteiger partial charge is 0.559 e. The van der Waals surface area contributed by atoms with Crippen LogP contribution in [0, 0.1) is 15.6 Å². The van der Waals surface area contributed by atoms with Gasteiger partial charge < -0.3 is 15.3 Å². The summed E-state index contributed by atoms with van der Waals surface area (Å²) in [6, 6.07) is 0. The third-order valence-electron chi connectivity index (χ3n) is 2.29. The van der Waals surface area contributed by atoms with Crippen molar-refractivity contribution in [3.05, 3.63) is 26.5 Å². The Kier molecular flexibility index (Phi) is 8.96. The van der Waals surface area contributed by atoms with Crippen LogP contribution in [0.25, 0.3) is 0 Å². The van der Waals surface area contributed by atoms with Gasteiger partial charge in [0.05, 0.1) is 22.0 Å². The van der Waals surface area contributed by atoms with Gasteiger partial charge in [-0.15, -0.1) is 0 Å². The van der Waals surface area contributed by atoms with Crippen LogP contribution in [0.2, 0.25) is 0 Å². The molecule has 0 aliphatic heterocycles. The maximum absolute atomic E-state index is 12.6. The third kappa shape index (κ3) is 9.97. The lowest BCUT2D eigenvalue weighted by Crippen LogP contribution is -2.24. The Hall–Kier alpha value is -2.11. The first-order valence-electron chi connectivity index (χ1n) is 8.46. The first-order valence-corrected chi connectivity index (χ1v) is 9.77. The van der Waals surface area contributed by atoms with Gasteiger partial charge in [0.25, 0.3) is 0 Å². The summed E-state index contributed by atoms with van der Waals surface area (Å²) in [6.45, 7) is 14.6. The maximum atomic E-state index is 12.6. The van der Waals surface area contributed by atoms with Gasteiger partial charge in [-0.25, -0.2) is 5.21 Å². The lowest BCUT2D eigenvalue weighted by atomic mass is 10.1. The summed E-state index contributed by atoms with van der Waals surface area (Å²) in [7, 11) is -1.94. The minimum Gasteiger partial charge on any atom is -0.590 e. The minimum atomic E-state index is -1.94. The zero-order valence-corrected chi connectivity index (χ0v) is 18.2. The van der Waals surface area contributed by atoms with Gasteiger partial charge in [-0.1, -0.05) is 6.92 Å². The highest BCUT2D eigenvalue weighted by Gasteiger charge is 2.38. The van der Waals surface area contributed by atoms with Crippen molar-refractivity contribution >= 4 is 10.8 Å². The first kappa shape index (κ1) is 24.9. The zero-order valence-electron chi connectivity index (χ0n) is 17.4. The largest absolute Gasteiger partial charge is 0.590 e. The van der Waals surface area contributed by atoms with Crippen LogP contribution in [-0.4, -0.2) is 41.9 Å². The number of nitrogens with zero attached hydrogens (tertiary/aromatic N) is 6. The molecule has 0 N–H and O–H groups in total. The Bertz CT molecular complexity index is 639. The second kappa shape index (κ2) is 9.72. The molecule has 0 aromatic carbocycles. The summed E-state index contributed by atoms with van der Waals surface area (Å²) < 4.78 is 12.4. The SMILES string of the molecule is CCS(=O)C(N=[N+]([O-])OC(C)C)=C([N+]([O-])=NC(C)(C)C)[N+]([O-])=NC(C)(C)C. The second-order valence-electron chi connectivity index (χ2n) is 7.84. The van der Waals surface area contributed by atoms with Crippen LogP contribution in [0.3, 0.4) is 0 Å². The summed E-state index contributed by atoms with van der Waals surface area (Å²) in [5.74, 6) is -0.752. The molecule has 0 radical (unpaired) electrons. The molecule has 0 saturated heterocycles. The van der Waals surface area contributed by atoms with Crippen molar-refractivity contribution in [1.29, 1.82) is 0 Å². The molecule has 12 heteroatoms. The molecule has 0 rings (SSSR count). The van der Waals surface area contributed by atoms with Crippen LogP contribution in [0.4, 0.5) is 0 Å². The fraction of sp³-hybridized carbons (Fsp3) is 0.867. The Balaban J connectivity index is 6.86. The molecule has 0 amide bonds. The molecule has 0 saturated carbocycles. The van der Waals surface area contributed by atoms with Crippen LogP contribution in [0.15, 0.2) is 26.2 Å². The fourth-order valence-electron chi connectivity index (χ4n) is 1.48. The standard InChI is InChI=1S/C15H30N6O5S/c1-10-27(25)12(16-21(24)26-11(2)3)13(19(22)17-14(4,5)6)20(23)18-15(7,8)9/h11H,10H2,1-9H3. The molecular formula is C15H30N6O5S. The topological polar surface area (TPSA) is 142 Å². The highest BCUT2D eigenvalue weighted by Crippen LogP contribution is 2.20. The van der Waals surface area contributed by atoms with Gasteiger partial charge >= 0.3 is 10.9 Å². The predicted octanol–water partition coefficient (Wildman–Crippen LogP) is 3.71. The second-order valence-corrected chi connectivity index (χ2v) is 9.50. The van der Waals surface area contributed by atoms with Gasteiger partial charge in [0.15, 0.2) is 5.02 Å². The van der Waals surface area contributed by atoms with E-state index in [1.807, 2.05) is 0 Å². The summed E-state index contributed by atoms with van der Waals surface area (Å²) >= 11 is 0. The van der Waals surface area contributed by atoms with E-state index in [1.54, 1.807) is 62.3 Å². The summed E-state index contributed by atoms with van der Waals surface area (Å²) in [5.41, 5.74) is -1.69. The van der Waals surface area contributed by atoms with E-state index < -0.39 is 38.8 Å². The first-order chi connectivity index (χ1) is 12.1. The number of hydroxylamine groups is 2. The number of hydrogen-bond donors (Lipinski definition) is 0. The Morgan fingerprint density at radius 1 is 1.00 bits per heavy atom. The quantitative estimate of drug-likeness (QED) is 0.360. The van der Waals surface area contributed by atoms with Crippen LogP contribution in [0.5, 0.6) is 0 Å². The van der Waals surface area contributed by atoms with Crippen molar-refractivity contribution in [2.45, 2.75) is 79.5 Å². The third-order valence-corrected chi connectivity index (χ3v) is 3.51. The van der Waals surface area contributed by atoms with Crippen LogP contribution in [-0.2, 0) is 15.6 Å². The van der Waals surface area contributed by atoms with Gasteiger partial charge in [-0.3, -0.25) is 4.21 Å². The Morgan fingerprint density at radius 2 is 1.41 bits per heavy atom. The van der Waals surface area contributed by atoms with Gasteiger partial charge in [0, 0.05) is 15.5 Å². The van der Waals surface area contributed by atoms with Crippen molar-refractivity contribution in [1.82, 2.24) is 0 Å². The van der Waals surface area contributed by atoms with Crippen LogP contribution in [0.1, 0.15) is 62.3 Å². The number of azo groups is 2. The van der Waals surface area contributed by atoms with E-state index in [4.69, 9.17) is 4.84 Å². The lowest BCUT2D eigenvalue weighted by Gasteiger charge is -2.12. The van der Waals surface area contributed by atoms with Crippen molar-refractivity contribution in [3.63, 3.8) is 0 Å². The fourth-order valence-corrected chi connectivity index (χ4v) is 2.27. The number of rotatable bonds is 7. The molecular weight excluding hydrogens is 376 g/mol. The van der Waals surface area contributed by atoms with E-state index in [0.717, 1.165) is 0 Å². The molecule has 0 aromatic heterocycles. The monoisotopic (exact) mass is 406 g/mol. The van der Waals surface area contributed by atoms with E-state index >= 15 is 0 Å². The van der Waals surface area contributed by atoms with Gasteiger partial charge in [0.1, 0.15) is 11.1 Å². The molecule has 1 atom stereocenters. The van der Waals surface area contributed by atoms with Crippen LogP contribution >= 0.6 is 0 Å². The maximum Gasteiger partial charge on any atom is 0.559 e. The molecule has 0 fully saturated rings. The van der Waals surface area contributed by atoms with Crippen molar-refractivity contribution in [3.8, 4) is 0 Å². The molecule has 27 heavy (non-hydrogen) atoms. The molecule has 156 valence electrons. The summed E-state index contributed by atoms with van der Waals surface area (Å²) in [5, 5.41) is 47.5. The molecule has 0 spiro atoms. The molecule has 0 aromatic rings. The summed E-state index contributed by atoms with van der Waals surface area (Å²) in [4.78, 5) is 4.82. The van der Waals surface area contributed by atoms with Gasteiger partial charge in [-0.2, -0.15) is 0 Å². The molecule has 0 bridgehead atoms.